The number of para-hydroxylation sites is 1. The Morgan fingerprint density at radius 1 is 1.05 bits per heavy atom. The molecule has 0 aliphatic carbocycles. The van der Waals surface area contributed by atoms with Crippen molar-refractivity contribution in [3.63, 3.8) is 0 Å². The van der Waals surface area contributed by atoms with Gasteiger partial charge in [-0.1, -0.05) is 56.3 Å². The number of hydrogen-bond donors (Lipinski definition) is 1. The molecule has 1 amide bonds. The maximum absolute atomic E-state index is 12.0. The first-order valence-corrected chi connectivity index (χ1v) is 7.50. The normalized spacial score (nSPS) is 10.7. The molecule has 2 rings (SSSR count). The molecule has 0 saturated heterocycles. The Kier molecular flexibility index (Phi) is 5.15. The second-order valence-electron chi connectivity index (χ2n) is 5.76. The van der Waals surface area contributed by atoms with Gasteiger partial charge in [0.2, 0.25) is 5.91 Å². The molecule has 0 aliphatic heterocycles. The molecular weight excluding hydrogens is 258 g/mol. The van der Waals surface area contributed by atoms with Gasteiger partial charge in [-0.2, -0.15) is 0 Å². The van der Waals surface area contributed by atoms with E-state index in [1.807, 2.05) is 31.2 Å². The molecule has 0 spiro atoms. The van der Waals surface area contributed by atoms with Crippen molar-refractivity contribution in [1.29, 1.82) is 0 Å². The molecule has 2 aromatic rings. The summed E-state index contributed by atoms with van der Waals surface area (Å²) in [5, 5.41) is 2.97. The summed E-state index contributed by atoms with van der Waals surface area (Å²) in [6.45, 7) is 6.37. The zero-order valence-electron chi connectivity index (χ0n) is 13.0. The van der Waals surface area contributed by atoms with Crippen LogP contribution in [0.4, 0.5) is 5.69 Å². The predicted molar refractivity (Wildman–Crippen MR) is 88.7 cm³/mol. The number of carbonyl (C=O) groups excluding carboxylic acids is 1. The van der Waals surface area contributed by atoms with Crippen LogP contribution in [0.15, 0.2) is 48.5 Å². The van der Waals surface area contributed by atoms with Crippen LogP contribution in [-0.2, 0) is 11.2 Å². The number of aryl methyl sites for hydroxylation is 2. The van der Waals surface area contributed by atoms with E-state index in [4.69, 9.17) is 0 Å². The average Bonchev–Trinajstić information content (AvgIpc) is 2.48. The Bertz CT molecular complexity index is 599. The third kappa shape index (κ3) is 4.45. The highest BCUT2D eigenvalue weighted by molar-refractivity contribution is 5.91. The van der Waals surface area contributed by atoms with Crippen LogP contribution in [0.25, 0.3) is 0 Å². The smallest absolute Gasteiger partial charge is 0.224 e. The van der Waals surface area contributed by atoms with E-state index in [2.05, 4.69) is 43.4 Å². The molecule has 0 saturated carbocycles. The molecule has 1 N–H and O–H groups in total. The number of anilines is 1. The molecule has 2 nitrogen and oxygen atoms in total. The van der Waals surface area contributed by atoms with Crippen molar-refractivity contribution in [3.05, 3.63) is 65.2 Å². The van der Waals surface area contributed by atoms with Crippen LogP contribution in [0.1, 0.15) is 42.9 Å². The minimum absolute atomic E-state index is 0.0669. The molecule has 0 unspecified atom stereocenters. The van der Waals surface area contributed by atoms with E-state index in [0.29, 0.717) is 12.3 Å². The molecular formula is C19H23NO. The van der Waals surface area contributed by atoms with Gasteiger partial charge in [0.1, 0.15) is 0 Å². The number of hydrogen-bond acceptors (Lipinski definition) is 1. The molecule has 2 heteroatoms. The van der Waals surface area contributed by atoms with Gasteiger partial charge in [-0.05, 0) is 42.0 Å². The summed E-state index contributed by atoms with van der Waals surface area (Å²) in [7, 11) is 0. The molecule has 0 atom stereocenters. The van der Waals surface area contributed by atoms with E-state index in [9.17, 15) is 4.79 Å². The van der Waals surface area contributed by atoms with E-state index >= 15 is 0 Å². The lowest BCUT2D eigenvalue weighted by Crippen LogP contribution is -2.13. The topological polar surface area (TPSA) is 29.1 Å². The van der Waals surface area contributed by atoms with E-state index in [1.54, 1.807) is 0 Å². The number of nitrogens with one attached hydrogen (secondary N) is 1. The van der Waals surface area contributed by atoms with Gasteiger partial charge in [0.25, 0.3) is 0 Å². The SMILES string of the molecule is Cc1ccccc1NC(=O)CCc1ccc(C(C)C)cc1. The lowest BCUT2D eigenvalue weighted by molar-refractivity contribution is -0.116. The summed E-state index contributed by atoms with van der Waals surface area (Å²) in [6, 6.07) is 16.4. The van der Waals surface area contributed by atoms with E-state index in [0.717, 1.165) is 17.7 Å². The lowest BCUT2D eigenvalue weighted by Gasteiger charge is -2.09. The van der Waals surface area contributed by atoms with Crippen LogP contribution >= 0.6 is 0 Å². The predicted octanol–water partition coefficient (Wildman–Crippen LogP) is 4.69. The summed E-state index contributed by atoms with van der Waals surface area (Å²) < 4.78 is 0. The summed E-state index contributed by atoms with van der Waals surface area (Å²) in [6.07, 6.45) is 1.28. The summed E-state index contributed by atoms with van der Waals surface area (Å²) in [4.78, 5) is 12.0. The average molecular weight is 281 g/mol. The van der Waals surface area contributed by atoms with E-state index in [-0.39, 0.29) is 5.91 Å². The second-order valence-corrected chi connectivity index (χ2v) is 5.76. The van der Waals surface area contributed by atoms with E-state index in [1.165, 1.54) is 11.1 Å². The first-order valence-electron chi connectivity index (χ1n) is 7.50. The van der Waals surface area contributed by atoms with Crippen LogP contribution in [0, 0.1) is 6.92 Å². The van der Waals surface area contributed by atoms with Crippen molar-refractivity contribution < 1.29 is 4.79 Å². The van der Waals surface area contributed by atoms with Crippen molar-refractivity contribution in [2.45, 2.75) is 39.5 Å². The largest absolute Gasteiger partial charge is 0.326 e. The summed E-state index contributed by atoms with van der Waals surface area (Å²) in [5.74, 6) is 0.612. The van der Waals surface area contributed by atoms with Crippen molar-refractivity contribution in [1.82, 2.24) is 0 Å². The molecule has 0 aromatic heterocycles. The number of benzene rings is 2. The molecule has 2 aromatic carbocycles. The Hall–Kier alpha value is -2.09. The van der Waals surface area contributed by atoms with E-state index < -0.39 is 0 Å². The van der Waals surface area contributed by atoms with Crippen LogP contribution in [0.5, 0.6) is 0 Å². The fraction of sp³-hybridized carbons (Fsp3) is 0.316. The monoisotopic (exact) mass is 281 g/mol. The van der Waals surface area contributed by atoms with Gasteiger partial charge in [0, 0.05) is 12.1 Å². The van der Waals surface area contributed by atoms with Crippen LogP contribution in [0.3, 0.4) is 0 Å². The molecule has 21 heavy (non-hydrogen) atoms. The van der Waals surface area contributed by atoms with Crippen LogP contribution in [0.2, 0.25) is 0 Å². The maximum atomic E-state index is 12.0. The standard InChI is InChI=1S/C19H23NO/c1-14(2)17-11-8-16(9-12-17)10-13-19(21)20-18-7-5-4-6-15(18)3/h4-9,11-12,14H,10,13H2,1-3H3,(H,20,21). The third-order valence-electron chi connectivity index (χ3n) is 3.71. The third-order valence-corrected chi connectivity index (χ3v) is 3.71. The second kappa shape index (κ2) is 7.07. The van der Waals surface area contributed by atoms with Gasteiger partial charge in [0.05, 0.1) is 0 Å². The van der Waals surface area contributed by atoms with Gasteiger partial charge in [-0.3, -0.25) is 4.79 Å². The number of rotatable bonds is 5. The van der Waals surface area contributed by atoms with Gasteiger partial charge in [0.15, 0.2) is 0 Å². The molecule has 0 heterocycles. The van der Waals surface area contributed by atoms with Crippen molar-refractivity contribution >= 4 is 11.6 Å². The zero-order valence-corrected chi connectivity index (χ0v) is 13.0. The van der Waals surface area contributed by atoms with Gasteiger partial charge in [-0.15, -0.1) is 0 Å². The minimum atomic E-state index is 0.0669. The molecule has 0 aliphatic rings. The molecule has 0 radical (unpaired) electrons. The van der Waals surface area contributed by atoms with Crippen LogP contribution < -0.4 is 5.32 Å². The van der Waals surface area contributed by atoms with Gasteiger partial charge >= 0.3 is 0 Å². The maximum Gasteiger partial charge on any atom is 0.224 e. The van der Waals surface area contributed by atoms with Crippen molar-refractivity contribution in [2.75, 3.05) is 5.32 Å². The minimum Gasteiger partial charge on any atom is -0.326 e. The number of amides is 1. The van der Waals surface area contributed by atoms with Crippen molar-refractivity contribution in [3.8, 4) is 0 Å². The van der Waals surface area contributed by atoms with Crippen molar-refractivity contribution in [2.24, 2.45) is 0 Å². The Morgan fingerprint density at radius 3 is 2.33 bits per heavy atom. The van der Waals surface area contributed by atoms with Gasteiger partial charge < -0.3 is 5.32 Å². The quantitative estimate of drug-likeness (QED) is 0.846. The number of carbonyl (C=O) groups is 1. The Labute approximate surface area is 127 Å². The lowest BCUT2D eigenvalue weighted by atomic mass is 10.0. The fourth-order valence-electron chi connectivity index (χ4n) is 2.25. The van der Waals surface area contributed by atoms with Crippen LogP contribution in [-0.4, -0.2) is 5.91 Å². The summed E-state index contributed by atoms with van der Waals surface area (Å²) >= 11 is 0. The first-order chi connectivity index (χ1) is 10.1. The zero-order chi connectivity index (χ0) is 15.2. The highest BCUT2D eigenvalue weighted by Crippen LogP contribution is 2.16. The molecule has 110 valence electrons. The summed E-state index contributed by atoms with van der Waals surface area (Å²) in [5.41, 5.74) is 4.53. The Balaban J connectivity index is 1.88. The first kappa shape index (κ1) is 15.3. The Morgan fingerprint density at radius 2 is 1.71 bits per heavy atom. The highest BCUT2D eigenvalue weighted by Gasteiger charge is 2.05. The van der Waals surface area contributed by atoms with Gasteiger partial charge in [-0.25, -0.2) is 0 Å². The highest BCUT2D eigenvalue weighted by atomic mass is 16.1. The fourth-order valence-corrected chi connectivity index (χ4v) is 2.25. The molecule has 0 bridgehead atoms. The molecule has 0 fully saturated rings.